The number of ether oxygens (including phenoxy) is 1. The van der Waals surface area contributed by atoms with Crippen LogP contribution in [0.4, 0.5) is 0 Å². The van der Waals surface area contributed by atoms with Gasteiger partial charge in [-0.25, -0.2) is 4.79 Å². The fraction of sp³-hybridized carbons (Fsp3) is 0.571. The number of benzene rings is 1. The minimum atomic E-state index is -1.02. The van der Waals surface area contributed by atoms with Crippen LogP contribution in [0.1, 0.15) is 39.5 Å². The zero-order chi connectivity index (χ0) is 20.5. The minimum absolute atomic E-state index is 0.0506. The highest BCUT2D eigenvalue weighted by atomic mass is 16.5. The third-order valence-corrected chi connectivity index (χ3v) is 4.79. The maximum absolute atomic E-state index is 12.5. The van der Waals surface area contributed by atoms with Crippen LogP contribution >= 0.6 is 0 Å². The van der Waals surface area contributed by atoms with Gasteiger partial charge in [0, 0.05) is 13.1 Å². The first-order chi connectivity index (χ1) is 13.4. The van der Waals surface area contributed by atoms with E-state index in [4.69, 9.17) is 4.74 Å². The number of carbonyl (C=O) groups is 3. The van der Waals surface area contributed by atoms with Crippen LogP contribution in [0.3, 0.4) is 0 Å². The molecule has 1 aromatic rings. The zero-order valence-electron chi connectivity index (χ0n) is 16.6. The lowest BCUT2D eigenvalue weighted by Crippen LogP contribution is -2.49. The number of hydrogen-bond donors (Lipinski definition) is 2. The lowest BCUT2D eigenvalue weighted by atomic mass is 9.95. The first-order valence-electron chi connectivity index (χ1n) is 9.85. The summed E-state index contributed by atoms with van der Waals surface area (Å²) in [5.41, 5.74) is 0. The van der Waals surface area contributed by atoms with Crippen molar-refractivity contribution in [1.82, 2.24) is 10.2 Å². The smallest absolute Gasteiger partial charge is 0.326 e. The molecule has 1 saturated heterocycles. The summed E-state index contributed by atoms with van der Waals surface area (Å²) in [4.78, 5) is 38.0. The fourth-order valence-corrected chi connectivity index (χ4v) is 3.33. The molecular weight excluding hydrogens is 360 g/mol. The second kappa shape index (κ2) is 10.7. The molecule has 0 bridgehead atoms. The standard InChI is InChI=1S/C21H30N2O5/c1-15(2)13-18(21(26)27)22-20(25)16-7-6-11-23(14-16)19(24)10-12-28-17-8-4-3-5-9-17/h3-5,8-9,15-16,18H,6-7,10-14H2,1-2H3,(H,22,25)(H,26,27)/t16?,18-/m1/s1. The van der Waals surface area contributed by atoms with Crippen molar-refractivity contribution in [2.45, 2.75) is 45.6 Å². The van der Waals surface area contributed by atoms with Gasteiger partial charge >= 0.3 is 5.97 Å². The number of carbonyl (C=O) groups excluding carboxylic acids is 2. The van der Waals surface area contributed by atoms with E-state index in [1.807, 2.05) is 44.2 Å². The minimum Gasteiger partial charge on any atom is -0.493 e. The van der Waals surface area contributed by atoms with Crippen molar-refractivity contribution in [3.63, 3.8) is 0 Å². The molecule has 7 heteroatoms. The van der Waals surface area contributed by atoms with Crippen LogP contribution in [-0.4, -0.2) is 53.5 Å². The number of nitrogens with one attached hydrogen (secondary N) is 1. The summed E-state index contributed by atoms with van der Waals surface area (Å²) in [5, 5.41) is 11.9. The van der Waals surface area contributed by atoms with Crippen molar-refractivity contribution in [2.24, 2.45) is 11.8 Å². The van der Waals surface area contributed by atoms with Gasteiger partial charge in [-0.15, -0.1) is 0 Å². The van der Waals surface area contributed by atoms with E-state index in [0.29, 0.717) is 25.9 Å². The normalized spacial score (nSPS) is 17.8. The van der Waals surface area contributed by atoms with Crippen LogP contribution in [0.25, 0.3) is 0 Å². The molecule has 0 aromatic heterocycles. The van der Waals surface area contributed by atoms with Gasteiger partial charge in [-0.1, -0.05) is 32.0 Å². The third-order valence-electron chi connectivity index (χ3n) is 4.79. The third kappa shape index (κ3) is 6.87. The Balaban J connectivity index is 1.82. The molecule has 2 atom stereocenters. The molecule has 2 amide bonds. The number of amides is 2. The highest BCUT2D eigenvalue weighted by Crippen LogP contribution is 2.18. The van der Waals surface area contributed by atoms with E-state index in [9.17, 15) is 19.5 Å². The molecule has 2 rings (SSSR count). The molecule has 1 fully saturated rings. The van der Waals surface area contributed by atoms with E-state index < -0.39 is 12.0 Å². The second-order valence-corrected chi connectivity index (χ2v) is 7.62. The molecule has 1 aromatic carbocycles. The number of piperidine rings is 1. The molecule has 0 aliphatic carbocycles. The number of hydrogen-bond acceptors (Lipinski definition) is 4. The van der Waals surface area contributed by atoms with E-state index in [1.165, 1.54) is 0 Å². The van der Waals surface area contributed by atoms with Gasteiger partial charge in [0.1, 0.15) is 11.8 Å². The Morgan fingerprint density at radius 1 is 1.25 bits per heavy atom. The van der Waals surface area contributed by atoms with Crippen molar-refractivity contribution in [2.75, 3.05) is 19.7 Å². The Labute approximate surface area is 166 Å². The van der Waals surface area contributed by atoms with E-state index in [-0.39, 0.29) is 36.7 Å². The van der Waals surface area contributed by atoms with E-state index in [0.717, 1.165) is 12.2 Å². The summed E-state index contributed by atoms with van der Waals surface area (Å²) in [6.07, 6.45) is 2.01. The summed E-state index contributed by atoms with van der Waals surface area (Å²) in [5.74, 6) is -0.853. The van der Waals surface area contributed by atoms with Crippen LogP contribution in [-0.2, 0) is 14.4 Å². The summed E-state index contributed by atoms with van der Waals surface area (Å²) in [7, 11) is 0. The van der Waals surface area contributed by atoms with Gasteiger partial charge in [-0.2, -0.15) is 0 Å². The quantitative estimate of drug-likeness (QED) is 0.675. The summed E-state index contributed by atoms with van der Waals surface area (Å²) in [6, 6.07) is 8.41. The van der Waals surface area contributed by atoms with Gasteiger partial charge in [0.05, 0.1) is 18.9 Å². The molecule has 0 saturated carbocycles. The predicted molar refractivity (Wildman–Crippen MR) is 105 cm³/mol. The Hall–Kier alpha value is -2.57. The van der Waals surface area contributed by atoms with Gasteiger partial charge in [-0.3, -0.25) is 9.59 Å². The molecule has 0 radical (unpaired) electrons. The highest BCUT2D eigenvalue weighted by molar-refractivity contribution is 5.86. The van der Waals surface area contributed by atoms with Crippen molar-refractivity contribution in [3.8, 4) is 5.75 Å². The summed E-state index contributed by atoms with van der Waals surface area (Å²) >= 11 is 0. The molecule has 1 unspecified atom stereocenters. The zero-order valence-corrected chi connectivity index (χ0v) is 16.6. The van der Waals surface area contributed by atoms with Crippen LogP contribution in [0.2, 0.25) is 0 Å². The number of carboxylic acids is 1. The number of likely N-dealkylation sites (tertiary alicyclic amines) is 1. The Morgan fingerprint density at radius 2 is 1.96 bits per heavy atom. The fourth-order valence-electron chi connectivity index (χ4n) is 3.33. The first-order valence-corrected chi connectivity index (χ1v) is 9.85. The summed E-state index contributed by atoms with van der Waals surface area (Å²) in [6.45, 7) is 5.05. The largest absolute Gasteiger partial charge is 0.493 e. The van der Waals surface area contributed by atoms with Crippen molar-refractivity contribution in [1.29, 1.82) is 0 Å². The van der Waals surface area contributed by atoms with Crippen molar-refractivity contribution < 1.29 is 24.2 Å². The molecule has 2 N–H and O–H groups in total. The van der Waals surface area contributed by atoms with Crippen LogP contribution in [0.5, 0.6) is 5.75 Å². The molecule has 154 valence electrons. The van der Waals surface area contributed by atoms with Gasteiger partial charge < -0.3 is 20.1 Å². The van der Waals surface area contributed by atoms with E-state index in [1.54, 1.807) is 4.90 Å². The molecule has 1 heterocycles. The lowest BCUT2D eigenvalue weighted by molar-refractivity contribution is -0.144. The van der Waals surface area contributed by atoms with Crippen LogP contribution < -0.4 is 10.1 Å². The number of nitrogens with zero attached hydrogens (tertiary/aromatic N) is 1. The first kappa shape index (κ1) is 21.7. The van der Waals surface area contributed by atoms with Gasteiger partial charge in [0.2, 0.25) is 11.8 Å². The van der Waals surface area contributed by atoms with Crippen molar-refractivity contribution in [3.05, 3.63) is 30.3 Å². The number of carboxylic acid groups (broad SMARTS) is 1. The number of rotatable bonds is 9. The van der Waals surface area contributed by atoms with Crippen molar-refractivity contribution >= 4 is 17.8 Å². The maximum Gasteiger partial charge on any atom is 0.326 e. The molecule has 28 heavy (non-hydrogen) atoms. The number of para-hydroxylation sites is 1. The van der Waals surface area contributed by atoms with Crippen LogP contribution in [0, 0.1) is 11.8 Å². The van der Waals surface area contributed by atoms with Crippen LogP contribution in [0.15, 0.2) is 30.3 Å². The Morgan fingerprint density at radius 3 is 2.61 bits per heavy atom. The maximum atomic E-state index is 12.5. The van der Waals surface area contributed by atoms with E-state index >= 15 is 0 Å². The number of aliphatic carboxylic acids is 1. The average molecular weight is 390 g/mol. The monoisotopic (exact) mass is 390 g/mol. The molecule has 7 nitrogen and oxygen atoms in total. The van der Waals surface area contributed by atoms with Gasteiger partial charge in [0.15, 0.2) is 0 Å². The Kier molecular flexibility index (Phi) is 8.29. The van der Waals surface area contributed by atoms with Gasteiger partial charge in [0.25, 0.3) is 0 Å². The topological polar surface area (TPSA) is 95.9 Å². The highest BCUT2D eigenvalue weighted by Gasteiger charge is 2.31. The SMILES string of the molecule is CC(C)C[C@@H](NC(=O)C1CCCN(C(=O)CCOc2ccccc2)C1)C(=O)O. The molecule has 1 aliphatic rings. The molecule has 0 spiro atoms. The summed E-state index contributed by atoms with van der Waals surface area (Å²) < 4.78 is 5.57. The predicted octanol–water partition coefficient (Wildman–Crippen LogP) is 2.31. The lowest BCUT2D eigenvalue weighted by Gasteiger charge is -2.32. The van der Waals surface area contributed by atoms with Gasteiger partial charge in [-0.05, 0) is 37.3 Å². The molecule has 1 aliphatic heterocycles. The Bertz CT molecular complexity index is 662. The molecular formula is C21H30N2O5. The van der Waals surface area contributed by atoms with E-state index in [2.05, 4.69) is 5.32 Å². The average Bonchev–Trinajstić information content (AvgIpc) is 2.67. The second-order valence-electron chi connectivity index (χ2n) is 7.62.